The molecule has 14 heavy (non-hydrogen) atoms. The third kappa shape index (κ3) is 5.84. The van der Waals surface area contributed by atoms with E-state index in [1.54, 1.807) is 0 Å². The van der Waals surface area contributed by atoms with E-state index in [2.05, 4.69) is 5.73 Å². The number of carbonyl (C=O) groups is 1. The molecule has 5 N–H and O–H groups in total. The van der Waals surface area contributed by atoms with Gasteiger partial charge in [0.2, 0.25) is 0 Å². The molecule has 0 aliphatic carbocycles. The normalized spacial score (nSPS) is 16.2. The fraction of sp³-hybridized carbons (Fsp3) is 0.833. The van der Waals surface area contributed by atoms with Crippen LogP contribution < -0.4 is 5.73 Å². The van der Waals surface area contributed by atoms with Crippen LogP contribution in [0.5, 0.6) is 0 Å². The van der Waals surface area contributed by atoms with Gasteiger partial charge in [0.15, 0.2) is 5.67 Å². The molecule has 0 rings (SSSR count). The van der Waals surface area contributed by atoms with Gasteiger partial charge < -0.3 is 10.8 Å². The number of rotatable bonds is 6. The van der Waals surface area contributed by atoms with Crippen molar-refractivity contribution in [2.45, 2.75) is 18.5 Å². The molecule has 0 amide bonds. The SMILES string of the molecule is [NH3+]CC(F)(CCC(=O)O)CS(=O)(=O)O. The van der Waals surface area contributed by atoms with E-state index in [1.165, 1.54) is 0 Å². The number of carboxylic acids is 1. The Morgan fingerprint density at radius 2 is 2.00 bits per heavy atom. The summed E-state index contributed by atoms with van der Waals surface area (Å²) >= 11 is 0. The lowest BCUT2D eigenvalue weighted by atomic mass is 10.0. The maximum atomic E-state index is 13.5. The molecule has 1 unspecified atom stereocenters. The van der Waals surface area contributed by atoms with Gasteiger partial charge in [-0.1, -0.05) is 0 Å². The first-order valence-corrected chi connectivity index (χ1v) is 5.44. The Morgan fingerprint density at radius 1 is 1.50 bits per heavy atom. The highest BCUT2D eigenvalue weighted by Gasteiger charge is 2.36. The molecule has 0 radical (unpaired) electrons. The van der Waals surface area contributed by atoms with Crippen LogP contribution in [0.1, 0.15) is 12.8 Å². The standard InChI is InChI=1S/C6H12FNO5S/c7-6(3-8,2-1-5(9)10)4-14(11,12)13/h1-4,8H2,(H,9,10)(H,11,12,13)/p+1. The van der Waals surface area contributed by atoms with Crippen molar-refractivity contribution in [3.05, 3.63) is 0 Å². The maximum Gasteiger partial charge on any atom is 0.303 e. The molecule has 0 saturated heterocycles. The highest BCUT2D eigenvalue weighted by atomic mass is 32.2. The number of quaternary nitrogens is 1. The zero-order chi connectivity index (χ0) is 11.4. The number of hydrogen-bond donors (Lipinski definition) is 3. The summed E-state index contributed by atoms with van der Waals surface area (Å²) < 4.78 is 42.7. The maximum absolute atomic E-state index is 13.5. The molecule has 0 spiro atoms. The third-order valence-corrected chi connectivity index (χ3v) is 2.56. The molecule has 0 fully saturated rings. The van der Waals surface area contributed by atoms with Gasteiger partial charge >= 0.3 is 5.97 Å². The van der Waals surface area contributed by atoms with Crippen molar-refractivity contribution in [2.24, 2.45) is 0 Å². The molecule has 0 aromatic heterocycles. The Morgan fingerprint density at radius 3 is 2.29 bits per heavy atom. The van der Waals surface area contributed by atoms with Gasteiger partial charge in [0.05, 0.1) is 0 Å². The monoisotopic (exact) mass is 230 g/mol. The molecule has 0 aromatic rings. The first-order valence-electron chi connectivity index (χ1n) is 3.84. The van der Waals surface area contributed by atoms with E-state index in [4.69, 9.17) is 9.66 Å². The van der Waals surface area contributed by atoms with Crippen LogP contribution in [0.3, 0.4) is 0 Å². The molecular weight excluding hydrogens is 217 g/mol. The van der Waals surface area contributed by atoms with E-state index in [1.807, 2.05) is 0 Å². The van der Waals surface area contributed by atoms with Gasteiger partial charge in [-0.05, 0) is 6.42 Å². The van der Waals surface area contributed by atoms with Crippen molar-refractivity contribution in [1.82, 2.24) is 0 Å². The second kappa shape index (κ2) is 4.67. The van der Waals surface area contributed by atoms with Crippen molar-refractivity contribution in [2.75, 3.05) is 12.3 Å². The molecule has 0 saturated carbocycles. The number of alkyl halides is 1. The summed E-state index contributed by atoms with van der Waals surface area (Å²) in [6, 6.07) is 0. The van der Waals surface area contributed by atoms with E-state index < -0.39 is 46.9 Å². The predicted octanol–water partition coefficient (Wildman–Crippen LogP) is -1.31. The van der Waals surface area contributed by atoms with Crippen LogP contribution in [0.4, 0.5) is 4.39 Å². The van der Waals surface area contributed by atoms with Crippen molar-refractivity contribution in [3.8, 4) is 0 Å². The Labute approximate surface area is 80.7 Å². The van der Waals surface area contributed by atoms with Crippen LogP contribution in [0.25, 0.3) is 0 Å². The molecule has 8 heteroatoms. The minimum absolute atomic E-state index is 0.403. The van der Waals surface area contributed by atoms with Crippen molar-refractivity contribution in [3.63, 3.8) is 0 Å². The summed E-state index contributed by atoms with van der Waals surface area (Å²) in [5, 5.41) is 8.27. The van der Waals surface area contributed by atoms with Crippen molar-refractivity contribution in [1.29, 1.82) is 0 Å². The average molecular weight is 230 g/mol. The molecule has 1 atom stereocenters. The van der Waals surface area contributed by atoms with Crippen LogP contribution >= 0.6 is 0 Å². The van der Waals surface area contributed by atoms with Gasteiger partial charge in [-0.2, -0.15) is 8.42 Å². The topological polar surface area (TPSA) is 119 Å². The summed E-state index contributed by atoms with van der Waals surface area (Å²) in [6.45, 7) is -0.403. The highest BCUT2D eigenvalue weighted by molar-refractivity contribution is 7.85. The summed E-state index contributed by atoms with van der Waals surface area (Å²) in [5.41, 5.74) is 0.905. The Balaban J connectivity index is 4.40. The number of carboxylic acid groups (broad SMARTS) is 1. The van der Waals surface area contributed by atoms with E-state index in [0.29, 0.717) is 0 Å². The lowest BCUT2D eigenvalue weighted by Gasteiger charge is -2.18. The minimum atomic E-state index is -4.45. The second-order valence-electron chi connectivity index (χ2n) is 3.02. The third-order valence-electron chi connectivity index (χ3n) is 1.68. The summed E-state index contributed by atoms with van der Waals surface area (Å²) in [4.78, 5) is 10.1. The Hall–Kier alpha value is -0.730. The van der Waals surface area contributed by atoms with Gasteiger partial charge in [-0.15, -0.1) is 0 Å². The zero-order valence-electron chi connectivity index (χ0n) is 7.44. The second-order valence-corrected chi connectivity index (χ2v) is 4.47. The Kier molecular flexibility index (Phi) is 4.43. The minimum Gasteiger partial charge on any atom is -0.481 e. The number of halogens is 1. The van der Waals surface area contributed by atoms with Crippen LogP contribution in [0.15, 0.2) is 0 Å². The molecule has 0 bridgehead atoms. The van der Waals surface area contributed by atoms with E-state index in [0.717, 1.165) is 0 Å². The van der Waals surface area contributed by atoms with Crippen LogP contribution in [0.2, 0.25) is 0 Å². The Bertz CT molecular complexity index is 303. The zero-order valence-corrected chi connectivity index (χ0v) is 8.26. The summed E-state index contributed by atoms with van der Waals surface area (Å²) in [6.07, 6.45) is -0.979. The predicted molar refractivity (Wildman–Crippen MR) is 44.9 cm³/mol. The van der Waals surface area contributed by atoms with E-state index >= 15 is 0 Å². The smallest absolute Gasteiger partial charge is 0.303 e. The first-order chi connectivity index (χ1) is 6.18. The van der Waals surface area contributed by atoms with Crippen LogP contribution in [-0.2, 0) is 14.9 Å². The average Bonchev–Trinajstić information content (AvgIpc) is 1.98. The molecule has 84 valence electrons. The lowest BCUT2D eigenvalue weighted by Crippen LogP contribution is -2.61. The van der Waals surface area contributed by atoms with E-state index in [9.17, 15) is 17.6 Å². The van der Waals surface area contributed by atoms with Crippen LogP contribution in [0, 0.1) is 0 Å². The van der Waals surface area contributed by atoms with Gasteiger partial charge in [0, 0.05) is 6.42 Å². The molecule has 0 aromatic carbocycles. The molecule has 0 aliphatic rings. The highest BCUT2D eigenvalue weighted by Crippen LogP contribution is 2.18. The van der Waals surface area contributed by atoms with Gasteiger partial charge in [0.25, 0.3) is 10.1 Å². The molecule has 6 nitrogen and oxygen atoms in total. The van der Waals surface area contributed by atoms with Crippen molar-refractivity contribution < 1.29 is 33.0 Å². The fourth-order valence-electron chi connectivity index (χ4n) is 0.927. The van der Waals surface area contributed by atoms with Gasteiger partial charge in [-0.3, -0.25) is 9.35 Å². The lowest BCUT2D eigenvalue weighted by molar-refractivity contribution is -0.390. The molecule has 0 heterocycles. The largest absolute Gasteiger partial charge is 0.481 e. The molecular formula is C6H13FNO5S+. The summed E-state index contributed by atoms with van der Waals surface area (Å²) in [7, 11) is -4.45. The summed E-state index contributed by atoms with van der Waals surface area (Å²) in [5.74, 6) is -2.34. The van der Waals surface area contributed by atoms with Gasteiger partial charge in [-0.25, -0.2) is 4.39 Å². The van der Waals surface area contributed by atoms with Gasteiger partial charge in [0.1, 0.15) is 12.3 Å². The fourth-order valence-corrected chi connectivity index (χ4v) is 1.87. The first kappa shape index (κ1) is 13.3. The molecule has 0 aliphatic heterocycles. The number of aliphatic carboxylic acids is 1. The van der Waals surface area contributed by atoms with Crippen LogP contribution in [-0.4, -0.2) is 42.0 Å². The van der Waals surface area contributed by atoms with E-state index in [-0.39, 0.29) is 0 Å². The van der Waals surface area contributed by atoms with Crippen molar-refractivity contribution >= 4 is 16.1 Å². The number of hydrogen-bond acceptors (Lipinski definition) is 3. The quantitative estimate of drug-likeness (QED) is 0.489.